The van der Waals surface area contributed by atoms with Crippen molar-refractivity contribution in [3.8, 4) is 0 Å². The topological polar surface area (TPSA) is 52.7 Å². The highest BCUT2D eigenvalue weighted by Gasteiger charge is 2.32. The van der Waals surface area contributed by atoms with Crippen LogP contribution in [0.3, 0.4) is 0 Å². The number of anilines is 1. The molecular formula is C27H32F3N3O2. The number of hydrogen-bond acceptors (Lipinski definition) is 4. The van der Waals surface area contributed by atoms with E-state index in [1.807, 2.05) is 25.1 Å². The molecule has 0 bridgehead atoms. The monoisotopic (exact) mass is 487 g/mol. The summed E-state index contributed by atoms with van der Waals surface area (Å²) in [5.74, 6) is -0.105. The number of benzene rings is 2. The van der Waals surface area contributed by atoms with Gasteiger partial charge < -0.3 is 10.2 Å². The highest BCUT2D eigenvalue weighted by atomic mass is 19.4. The molecule has 5 nitrogen and oxygen atoms in total. The SMILES string of the molecule is Cc1cccc(C(=O)CCC(=O)N[C@@H]2CCN(C3CCN(c4ccc(C(F)(F)F)cc4)CC3)C2)c1. The molecule has 0 radical (unpaired) electrons. The number of hydrogen-bond donors (Lipinski definition) is 1. The molecule has 1 amide bonds. The second-order valence-corrected chi connectivity index (χ2v) is 9.60. The fourth-order valence-corrected chi connectivity index (χ4v) is 5.08. The number of alkyl halides is 3. The van der Waals surface area contributed by atoms with Gasteiger partial charge in [-0.15, -0.1) is 0 Å². The Bertz CT molecular complexity index is 1030. The predicted octanol–water partition coefficient (Wildman–Crippen LogP) is 4.84. The number of Topliss-reactive ketones (excluding diaryl/α,β-unsaturated/α-hetero) is 1. The number of carbonyl (C=O) groups is 2. The zero-order valence-corrected chi connectivity index (χ0v) is 20.0. The van der Waals surface area contributed by atoms with Gasteiger partial charge in [-0.3, -0.25) is 14.5 Å². The number of aryl methyl sites for hydroxylation is 1. The van der Waals surface area contributed by atoms with Gasteiger partial charge in [-0.1, -0.05) is 23.8 Å². The van der Waals surface area contributed by atoms with E-state index in [-0.39, 0.29) is 30.6 Å². The van der Waals surface area contributed by atoms with Crippen molar-refractivity contribution < 1.29 is 22.8 Å². The van der Waals surface area contributed by atoms with E-state index in [4.69, 9.17) is 0 Å². The van der Waals surface area contributed by atoms with Crippen molar-refractivity contribution in [2.24, 2.45) is 0 Å². The van der Waals surface area contributed by atoms with Crippen LogP contribution in [0.1, 0.15) is 53.6 Å². The number of likely N-dealkylation sites (tertiary alicyclic amines) is 1. The Morgan fingerprint density at radius 1 is 0.971 bits per heavy atom. The normalized spacial score (nSPS) is 19.7. The van der Waals surface area contributed by atoms with Crippen LogP contribution in [-0.2, 0) is 11.0 Å². The lowest BCUT2D eigenvalue weighted by Crippen LogP contribution is -2.45. The summed E-state index contributed by atoms with van der Waals surface area (Å²) in [6, 6.07) is 13.3. The van der Waals surface area contributed by atoms with Crippen molar-refractivity contribution in [2.45, 2.75) is 57.3 Å². The van der Waals surface area contributed by atoms with Gasteiger partial charge in [-0.25, -0.2) is 0 Å². The molecule has 0 aliphatic carbocycles. The molecule has 2 aliphatic heterocycles. The standard InChI is InChI=1S/C27H32F3N3O2/c1-19-3-2-4-20(17-19)25(34)9-10-26(35)31-22-11-14-33(18-22)24-12-15-32(16-13-24)23-7-5-21(6-8-23)27(28,29)30/h2-8,17,22,24H,9-16,18H2,1H3,(H,31,35)/t22-/m1/s1. The Balaban J connectivity index is 1.19. The van der Waals surface area contributed by atoms with Crippen LogP contribution in [0, 0.1) is 6.92 Å². The molecule has 35 heavy (non-hydrogen) atoms. The first-order chi connectivity index (χ1) is 16.7. The molecule has 0 aromatic heterocycles. The Kier molecular flexibility index (Phi) is 7.79. The largest absolute Gasteiger partial charge is 0.416 e. The van der Waals surface area contributed by atoms with Crippen LogP contribution in [-0.4, -0.2) is 54.9 Å². The average molecular weight is 488 g/mol. The van der Waals surface area contributed by atoms with Crippen molar-refractivity contribution >= 4 is 17.4 Å². The zero-order chi connectivity index (χ0) is 25.0. The van der Waals surface area contributed by atoms with Gasteiger partial charge in [0.25, 0.3) is 0 Å². The first kappa shape index (κ1) is 25.2. The summed E-state index contributed by atoms with van der Waals surface area (Å²) in [5, 5.41) is 3.08. The van der Waals surface area contributed by atoms with Crippen molar-refractivity contribution in [2.75, 3.05) is 31.1 Å². The van der Waals surface area contributed by atoms with Crippen LogP contribution < -0.4 is 10.2 Å². The van der Waals surface area contributed by atoms with E-state index in [0.29, 0.717) is 11.6 Å². The van der Waals surface area contributed by atoms with E-state index >= 15 is 0 Å². The summed E-state index contributed by atoms with van der Waals surface area (Å²) in [5.41, 5.74) is 1.87. The van der Waals surface area contributed by atoms with Gasteiger partial charge in [0.2, 0.25) is 5.91 Å². The number of rotatable bonds is 7. The molecule has 0 saturated carbocycles. The molecule has 2 aliphatic rings. The quantitative estimate of drug-likeness (QED) is 0.568. The number of carbonyl (C=O) groups excluding carboxylic acids is 2. The third kappa shape index (κ3) is 6.63. The fraction of sp³-hybridized carbons (Fsp3) is 0.481. The first-order valence-electron chi connectivity index (χ1n) is 12.2. The number of ketones is 1. The van der Waals surface area contributed by atoms with Crippen molar-refractivity contribution in [3.63, 3.8) is 0 Å². The molecule has 1 atom stereocenters. The van der Waals surface area contributed by atoms with E-state index in [2.05, 4.69) is 15.1 Å². The highest BCUT2D eigenvalue weighted by molar-refractivity contribution is 5.98. The van der Waals surface area contributed by atoms with Gasteiger partial charge in [-0.05, 0) is 56.5 Å². The fourth-order valence-electron chi connectivity index (χ4n) is 5.08. The molecular weight excluding hydrogens is 455 g/mol. The first-order valence-corrected chi connectivity index (χ1v) is 12.2. The van der Waals surface area contributed by atoms with E-state index in [1.165, 1.54) is 0 Å². The second kappa shape index (κ2) is 10.8. The van der Waals surface area contributed by atoms with Crippen LogP contribution in [0.5, 0.6) is 0 Å². The van der Waals surface area contributed by atoms with Gasteiger partial charge in [0.05, 0.1) is 5.56 Å². The molecule has 1 N–H and O–H groups in total. The van der Waals surface area contributed by atoms with Gasteiger partial charge >= 0.3 is 6.18 Å². The maximum absolute atomic E-state index is 12.8. The zero-order valence-electron chi connectivity index (χ0n) is 20.0. The van der Waals surface area contributed by atoms with Gasteiger partial charge in [-0.2, -0.15) is 13.2 Å². The smallest absolute Gasteiger partial charge is 0.371 e. The Labute approximate surface area is 204 Å². The number of amides is 1. The van der Waals surface area contributed by atoms with Gasteiger partial charge in [0.1, 0.15) is 0 Å². The van der Waals surface area contributed by atoms with E-state index in [9.17, 15) is 22.8 Å². The molecule has 2 aromatic carbocycles. The Morgan fingerprint density at radius 2 is 1.69 bits per heavy atom. The lowest BCUT2D eigenvalue weighted by Gasteiger charge is -2.38. The number of nitrogens with zero attached hydrogens (tertiary/aromatic N) is 2. The van der Waals surface area contributed by atoms with Gasteiger partial charge in [0.15, 0.2) is 5.78 Å². The van der Waals surface area contributed by atoms with E-state index < -0.39 is 11.7 Å². The van der Waals surface area contributed by atoms with Crippen molar-refractivity contribution in [3.05, 3.63) is 65.2 Å². The Hall–Kier alpha value is -2.87. The minimum Gasteiger partial charge on any atom is -0.371 e. The number of piperidine rings is 1. The van der Waals surface area contributed by atoms with Crippen molar-refractivity contribution in [1.82, 2.24) is 10.2 Å². The summed E-state index contributed by atoms with van der Waals surface area (Å²) in [6.45, 7) is 5.24. The van der Waals surface area contributed by atoms with Crippen molar-refractivity contribution in [1.29, 1.82) is 0 Å². The second-order valence-electron chi connectivity index (χ2n) is 9.60. The molecule has 8 heteroatoms. The lowest BCUT2D eigenvalue weighted by molar-refractivity contribution is -0.137. The third-order valence-electron chi connectivity index (χ3n) is 7.04. The third-order valence-corrected chi connectivity index (χ3v) is 7.04. The molecule has 2 aromatic rings. The summed E-state index contributed by atoms with van der Waals surface area (Å²) < 4.78 is 38.4. The average Bonchev–Trinajstić information content (AvgIpc) is 3.30. The molecule has 0 spiro atoms. The summed E-state index contributed by atoms with van der Waals surface area (Å²) in [4.78, 5) is 29.3. The van der Waals surface area contributed by atoms with Gasteiger partial charge in [0, 0.05) is 62.4 Å². The molecule has 0 unspecified atom stereocenters. The minimum absolute atomic E-state index is 0.0169. The molecule has 2 fully saturated rings. The molecule has 2 saturated heterocycles. The van der Waals surface area contributed by atoms with E-state index in [0.717, 1.165) is 68.8 Å². The lowest BCUT2D eigenvalue weighted by atomic mass is 10.0. The maximum atomic E-state index is 12.8. The van der Waals surface area contributed by atoms with Crippen LogP contribution in [0.2, 0.25) is 0 Å². The highest BCUT2D eigenvalue weighted by Crippen LogP contribution is 2.31. The number of halogens is 3. The molecule has 188 valence electrons. The van der Waals surface area contributed by atoms with Crippen LogP contribution in [0.25, 0.3) is 0 Å². The summed E-state index contributed by atoms with van der Waals surface area (Å²) in [7, 11) is 0. The summed E-state index contributed by atoms with van der Waals surface area (Å²) in [6.07, 6.45) is -1.16. The van der Waals surface area contributed by atoms with Crippen LogP contribution in [0.4, 0.5) is 18.9 Å². The predicted molar refractivity (Wildman–Crippen MR) is 130 cm³/mol. The minimum atomic E-state index is -4.32. The maximum Gasteiger partial charge on any atom is 0.416 e. The van der Waals surface area contributed by atoms with Crippen LogP contribution >= 0.6 is 0 Å². The summed E-state index contributed by atoms with van der Waals surface area (Å²) >= 11 is 0. The number of nitrogens with one attached hydrogen (secondary N) is 1. The van der Waals surface area contributed by atoms with Crippen LogP contribution in [0.15, 0.2) is 48.5 Å². The Morgan fingerprint density at radius 3 is 2.34 bits per heavy atom. The molecule has 2 heterocycles. The molecule has 4 rings (SSSR count). The van der Waals surface area contributed by atoms with E-state index in [1.54, 1.807) is 18.2 Å².